The lowest BCUT2D eigenvalue weighted by Gasteiger charge is -2.20. The molecule has 1 aliphatic heterocycles. The maximum absolute atomic E-state index is 11.6. The highest BCUT2D eigenvalue weighted by molar-refractivity contribution is 8.00. The Balaban J connectivity index is 2.22. The van der Waals surface area contributed by atoms with E-state index in [0.717, 1.165) is 10.6 Å². The lowest BCUT2D eigenvalue weighted by molar-refractivity contribution is -0.138. The van der Waals surface area contributed by atoms with E-state index in [9.17, 15) is 9.59 Å². The second-order valence-electron chi connectivity index (χ2n) is 3.32. The molecule has 1 aromatic heterocycles. The van der Waals surface area contributed by atoms with Gasteiger partial charge in [-0.25, -0.2) is 4.98 Å². The molecule has 1 atom stereocenters. The first-order valence-corrected chi connectivity index (χ1v) is 5.40. The quantitative estimate of drug-likeness (QED) is 0.814. The first-order valence-electron chi connectivity index (χ1n) is 4.52. The number of hydrogen-bond donors (Lipinski definition) is 1. The lowest BCUT2D eigenvalue weighted by atomic mass is 10.1. The molecule has 1 aromatic rings. The second kappa shape index (κ2) is 4.02. The summed E-state index contributed by atoms with van der Waals surface area (Å²) in [6, 6.07) is 3.63. The van der Waals surface area contributed by atoms with Crippen molar-refractivity contribution in [3.8, 4) is 0 Å². The highest BCUT2D eigenvalue weighted by Gasteiger charge is 2.29. The number of carboxylic acid groups (broad SMARTS) is 1. The van der Waals surface area contributed by atoms with Gasteiger partial charge in [-0.3, -0.25) is 9.59 Å². The van der Waals surface area contributed by atoms with Crippen molar-refractivity contribution in [3.63, 3.8) is 0 Å². The smallest absolute Gasteiger partial charge is 0.304 e. The predicted molar refractivity (Wildman–Crippen MR) is 54.8 cm³/mol. The number of carboxylic acids is 1. The zero-order chi connectivity index (χ0) is 10.8. The third kappa shape index (κ3) is 2.18. The van der Waals surface area contributed by atoms with Crippen molar-refractivity contribution in [2.45, 2.75) is 23.1 Å². The molecular weight excluding hydrogens is 214 g/mol. The molecule has 0 saturated carbocycles. The summed E-state index contributed by atoms with van der Waals surface area (Å²) in [6.45, 7) is 0. The van der Waals surface area contributed by atoms with Gasteiger partial charge in [-0.15, -0.1) is 0 Å². The number of rotatable bonds is 2. The van der Waals surface area contributed by atoms with Crippen LogP contribution in [0.4, 0.5) is 0 Å². The van der Waals surface area contributed by atoms with Crippen LogP contribution in [0.2, 0.25) is 0 Å². The van der Waals surface area contributed by atoms with Crippen molar-refractivity contribution in [2.75, 3.05) is 0 Å². The number of hydrogen-bond acceptors (Lipinski definition) is 4. The first-order chi connectivity index (χ1) is 7.16. The molecule has 0 radical (unpaired) electrons. The Morgan fingerprint density at radius 1 is 1.67 bits per heavy atom. The van der Waals surface area contributed by atoms with Crippen molar-refractivity contribution in [2.24, 2.45) is 0 Å². The third-order valence-electron chi connectivity index (χ3n) is 2.19. The predicted octanol–water partition coefficient (Wildman–Crippen LogP) is 1.14. The van der Waals surface area contributed by atoms with E-state index in [-0.39, 0.29) is 12.2 Å². The number of Topliss-reactive ketones (excluding diaryl/α,β-unsaturated/α-hetero) is 1. The Morgan fingerprint density at radius 2 is 2.47 bits per heavy atom. The van der Waals surface area contributed by atoms with Crippen molar-refractivity contribution in [3.05, 3.63) is 23.9 Å². The first kappa shape index (κ1) is 10.2. The Labute approximate surface area is 90.7 Å². The molecule has 0 spiro atoms. The molecule has 5 heteroatoms. The van der Waals surface area contributed by atoms with E-state index in [2.05, 4.69) is 4.98 Å². The number of aliphatic carboxylic acids is 1. The zero-order valence-electron chi connectivity index (χ0n) is 7.84. The van der Waals surface area contributed by atoms with Crippen molar-refractivity contribution >= 4 is 23.5 Å². The van der Waals surface area contributed by atoms with Gasteiger partial charge in [0.1, 0.15) is 5.03 Å². The summed E-state index contributed by atoms with van der Waals surface area (Å²) in [5.74, 6) is -0.969. The van der Waals surface area contributed by atoms with E-state index in [1.54, 1.807) is 12.3 Å². The average molecular weight is 223 g/mol. The van der Waals surface area contributed by atoms with Crippen molar-refractivity contribution in [1.29, 1.82) is 0 Å². The Bertz CT molecular complexity index is 419. The van der Waals surface area contributed by atoms with Gasteiger partial charge >= 0.3 is 5.97 Å². The van der Waals surface area contributed by atoms with E-state index in [1.807, 2.05) is 6.07 Å². The van der Waals surface area contributed by atoms with Gasteiger partial charge in [0.15, 0.2) is 5.78 Å². The number of carbonyl (C=O) groups is 2. The summed E-state index contributed by atoms with van der Waals surface area (Å²) in [5.41, 5.74) is 0.897. The highest BCUT2D eigenvalue weighted by Crippen LogP contribution is 2.32. The Kier molecular flexibility index (Phi) is 2.73. The van der Waals surface area contributed by atoms with Crippen molar-refractivity contribution in [1.82, 2.24) is 4.98 Å². The SMILES string of the molecule is O=C(O)CC1Sc2ncccc2CC1=O. The number of ketones is 1. The number of aromatic nitrogens is 1. The van der Waals surface area contributed by atoms with Gasteiger partial charge in [0.25, 0.3) is 0 Å². The van der Waals surface area contributed by atoms with E-state index < -0.39 is 11.2 Å². The van der Waals surface area contributed by atoms with Crippen LogP contribution in [0.25, 0.3) is 0 Å². The fourth-order valence-electron chi connectivity index (χ4n) is 1.48. The van der Waals surface area contributed by atoms with Crippen LogP contribution in [-0.4, -0.2) is 27.1 Å². The summed E-state index contributed by atoms with van der Waals surface area (Å²) < 4.78 is 0. The van der Waals surface area contributed by atoms with Crippen molar-refractivity contribution < 1.29 is 14.7 Å². The summed E-state index contributed by atoms with van der Waals surface area (Å²) in [7, 11) is 0. The summed E-state index contributed by atoms with van der Waals surface area (Å²) >= 11 is 1.25. The maximum atomic E-state index is 11.6. The molecule has 0 aromatic carbocycles. The number of thioether (sulfide) groups is 1. The standard InChI is InChI=1S/C10H9NO3S/c12-7-4-6-2-1-3-11-10(6)15-8(7)5-9(13)14/h1-3,8H,4-5H2,(H,13,14). The molecule has 1 aliphatic rings. The monoisotopic (exact) mass is 223 g/mol. The third-order valence-corrected chi connectivity index (χ3v) is 3.49. The van der Waals surface area contributed by atoms with Crippen LogP contribution >= 0.6 is 11.8 Å². The number of carbonyl (C=O) groups excluding carboxylic acids is 1. The highest BCUT2D eigenvalue weighted by atomic mass is 32.2. The molecule has 4 nitrogen and oxygen atoms in total. The molecule has 0 saturated heterocycles. The lowest BCUT2D eigenvalue weighted by Crippen LogP contribution is -2.26. The fourth-order valence-corrected chi connectivity index (χ4v) is 2.60. The normalized spacial score (nSPS) is 19.7. The van der Waals surface area contributed by atoms with Gasteiger partial charge < -0.3 is 5.11 Å². The van der Waals surface area contributed by atoms with E-state index in [0.29, 0.717) is 6.42 Å². The molecule has 1 N–H and O–H groups in total. The molecule has 2 heterocycles. The van der Waals surface area contributed by atoms with Gasteiger partial charge in [0, 0.05) is 12.6 Å². The molecule has 0 fully saturated rings. The number of pyridine rings is 1. The molecule has 15 heavy (non-hydrogen) atoms. The van der Waals surface area contributed by atoms with Crippen LogP contribution in [0, 0.1) is 0 Å². The molecule has 0 bridgehead atoms. The summed E-state index contributed by atoms with van der Waals surface area (Å²) in [6.07, 6.45) is 1.83. The number of nitrogens with zero attached hydrogens (tertiary/aromatic N) is 1. The van der Waals surface area contributed by atoms with Crippen LogP contribution in [-0.2, 0) is 16.0 Å². The molecule has 0 amide bonds. The minimum Gasteiger partial charge on any atom is -0.481 e. The Hall–Kier alpha value is -1.36. The molecule has 2 rings (SSSR count). The fraction of sp³-hybridized carbons (Fsp3) is 0.300. The van der Waals surface area contributed by atoms with Crippen LogP contribution in [0.5, 0.6) is 0 Å². The second-order valence-corrected chi connectivity index (χ2v) is 4.51. The minimum absolute atomic E-state index is 0.0251. The summed E-state index contributed by atoms with van der Waals surface area (Å²) in [4.78, 5) is 26.2. The van der Waals surface area contributed by atoms with Gasteiger partial charge in [0.2, 0.25) is 0 Å². The zero-order valence-corrected chi connectivity index (χ0v) is 8.66. The molecule has 1 unspecified atom stereocenters. The van der Waals surface area contributed by atoms with Gasteiger partial charge in [-0.05, 0) is 11.6 Å². The van der Waals surface area contributed by atoms with Crippen LogP contribution in [0.3, 0.4) is 0 Å². The van der Waals surface area contributed by atoms with Gasteiger partial charge in [0.05, 0.1) is 11.7 Å². The topological polar surface area (TPSA) is 67.3 Å². The maximum Gasteiger partial charge on any atom is 0.304 e. The Morgan fingerprint density at radius 3 is 3.20 bits per heavy atom. The number of fused-ring (bicyclic) bond motifs is 1. The van der Waals surface area contributed by atoms with Crippen LogP contribution in [0.1, 0.15) is 12.0 Å². The molecule has 78 valence electrons. The van der Waals surface area contributed by atoms with Crippen LogP contribution in [0.15, 0.2) is 23.4 Å². The molecular formula is C10H9NO3S. The molecule has 0 aliphatic carbocycles. The van der Waals surface area contributed by atoms with Crippen LogP contribution < -0.4 is 0 Å². The summed E-state index contributed by atoms with van der Waals surface area (Å²) in [5, 5.41) is 8.94. The van der Waals surface area contributed by atoms with E-state index in [4.69, 9.17) is 5.11 Å². The van der Waals surface area contributed by atoms with E-state index >= 15 is 0 Å². The van der Waals surface area contributed by atoms with E-state index in [1.165, 1.54) is 11.8 Å². The minimum atomic E-state index is -0.944. The average Bonchev–Trinajstić information content (AvgIpc) is 2.18. The largest absolute Gasteiger partial charge is 0.481 e. The van der Waals surface area contributed by atoms with Gasteiger partial charge in [-0.1, -0.05) is 17.8 Å². The van der Waals surface area contributed by atoms with Gasteiger partial charge in [-0.2, -0.15) is 0 Å².